The first-order valence-electron chi connectivity index (χ1n) is 10.2. The summed E-state index contributed by atoms with van der Waals surface area (Å²) in [4.78, 5) is 34.1. The Morgan fingerprint density at radius 2 is 1.97 bits per heavy atom. The minimum atomic E-state index is -0.721. The van der Waals surface area contributed by atoms with Gasteiger partial charge in [0.1, 0.15) is 23.5 Å². The third-order valence-corrected chi connectivity index (χ3v) is 6.26. The van der Waals surface area contributed by atoms with Gasteiger partial charge in [0.15, 0.2) is 11.5 Å². The van der Waals surface area contributed by atoms with Crippen LogP contribution in [0, 0.1) is 5.82 Å². The predicted octanol–water partition coefficient (Wildman–Crippen LogP) is 5.71. The van der Waals surface area contributed by atoms with Gasteiger partial charge in [0.2, 0.25) is 0 Å². The van der Waals surface area contributed by atoms with Crippen LogP contribution in [0.5, 0.6) is 0 Å². The molecular weight excluding hydrogens is 504 g/mol. The Labute approximate surface area is 206 Å². The molecule has 12 heteroatoms. The molecule has 2 aromatic carbocycles. The molecule has 0 aliphatic carbocycles. The molecule has 34 heavy (non-hydrogen) atoms. The summed E-state index contributed by atoms with van der Waals surface area (Å²) < 4.78 is 15.6. The monoisotopic (exact) mass is 517 g/mol. The quantitative estimate of drug-likeness (QED) is 0.309. The molecule has 0 unspecified atom stereocenters. The summed E-state index contributed by atoms with van der Waals surface area (Å²) in [6.45, 7) is 1.92. The van der Waals surface area contributed by atoms with Crippen molar-refractivity contribution in [2.24, 2.45) is 0 Å². The van der Waals surface area contributed by atoms with Crippen molar-refractivity contribution in [1.82, 2.24) is 29.5 Å². The number of nitrogens with zero attached hydrogens (tertiary/aromatic N) is 5. The largest absolute Gasteiger partial charge is 0.358 e. The summed E-state index contributed by atoms with van der Waals surface area (Å²) >= 11 is 18.7. The van der Waals surface area contributed by atoms with Crippen molar-refractivity contribution >= 4 is 62.7 Å². The smallest absolute Gasteiger partial charge is 0.267 e. The number of imidazole rings is 1. The lowest BCUT2D eigenvalue weighted by atomic mass is 10.1. The maximum Gasteiger partial charge on any atom is 0.267 e. The fourth-order valence-corrected chi connectivity index (χ4v) is 4.47. The van der Waals surface area contributed by atoms with E-state index in [1.54, 1.807) is 12.1 Å². The molecule has 5 rings (SSSR count). The second-order valence-corrected chi connectivity index (χ2v) is 8.61. The number of anilines is 1. The van der Waals surface area contributed by atoms with Crippen LogP contribution in [0.4, 0.5) is 10.2 Å². The lowest BCUT2D eigenvalue weighted by Gasteiger charge is -2.23. The number of nitrogens with one attached hydrogen (secondary N) is 2. The molecule has 0 fully saturated rings. The third kappa shape index (κ3) is 3.75. The SMILES string of the molecule is CC[C@@H](Nc1ncnc2[nH]cnc12)c1nc2ccc(F)c(Cl)c2c(=O)n1-c1ccc(Cl)cc1Cl. The number of aromatic amines is 1. The molecule has 0 radical (unpaired) electrons. The molecule has 1 atom stereocenters. The Hall–Kier alpha value is -3.27. The number of benzene rings is 2. The molecule has 0 aliphatic rings. The van der Waals surface area contributed by atoms with Gasteiger partial charge in [0.05, 0.1) is 39.0 Å². The molecule has 0 spiro atoms. The Morgan fingerprint density at radius 3 is 2.74 bits per heavy atom. The number of aromatic nitrogens is 6. The Bertz CT molecular complexity index is 1620. The van der Waals surface area contributed by atoms with Gasteiger partial charge in [-0.25, -0.2) is 24.3 Å². The van der Waals surface area contributed by atoms with Gasteiger partial charge in [-0.3, -0.25) is 9.36 Å². The van der Waals surface area contributed by atoms with E-state index in [1.165, 1.54) is 35.4 Å². The minimum Gasteiger partial charge on any atom is -0.358 e. The minimum absolute atomic E-state index is 0.0528. The first kappa shape index (κ1) is 22.5. The van der Waals surface area contributed by atoms with E-state index >= 15 is 0 Å². The number of rotatable bonds is 5. The second-order valence-electron chi connectivity index (χ2n) is 7.39. The highest BCUT2D eigenvalue weighted by atomic mass is 35.5. The van der Waals surface area contributed by atoms with Crippen molar-refractivity contribution in [2.75, 3.05) is 5.32 Å². The van der Waals surface area contributed by atoms with Crippen LogP contribution in [0.2, 0.25) is 15.1 Å². The maximum atomic E-state index is 14.2. The van der Waals surface area contributed by atoms with E-state index in [-0.39, 0.29) is 20.9 Å². The van der Waals surface area contributed by atoms with Crippen LogP contribution in [0.25, 0.3) is 27.8 Å². The summed E-state index contributed by atoms with van der Waals surface area (Å²) in [5, 5.41) is 3.55. The van der Waals surface area contributed by atoms with E-state index in [1.807, 2.05) is 6.92 Å². The fraction of sp³-hybridized carbons (Fsp3) is 0.136. The first-order valence-corrected chi connectivity index (χ1v) is 11.3. The third-order valence-electron chi connectivity index (χ3n) is 5.35. The van der Waals surface area contributed by atoms with Crippen molar-refractivity contribution in [3.8, 4) is 5.69 Å². The average Bonchev–Trinajstić information content (AvgIpc) is 3.30. The number of halogens is 4. The van der Waals surface area contributed by atoms with Crippen LogP contribution >= 0.6 is 34.8 Å². The summed E-state index contributed by atoms with van der Waals surface area (Å²) in [5.41, 5.74) is 1.10. The van der Waals surface area contributed by atoms with Gasteiger partial charge in [-0.2, -0.15) is 0 Å². The molecule has 0 amide bonds. The summed E-state index contributed by atoms with van der Waals surface area (Å²) in [7, 11) is 0. The Kier molecular flexibility index (Phi) is 5.85. The van der Waals surface area contributed by atoms with Crippen molar-refractivity contribution < 1.29 is 4.39 Å². The molecule has 0 saturated carbocycles. The molecule has 2 N–H and O–H groups in total. The van der Waals surface area contributed by atoms with Crippen molar-refractivity contribution in [3.05, 3.63) is 80.0 Å². The first-order chi connectivity index (χ1) is 16.4. The standard InChI is InChI=1S/C22H15Cl3FN7O/c1-2-13(31-20-18-19(28-8-27-18)29-9-30-20)21-32-14-5-4-12(26)17(25)16(14)22(34)33(21)15-6-3-10(23)7-11(15)24/h3-9,13H,2H2,1H3,(H2,27,28,29,30,31)/t13-/m1/s1. The summed E-state index contributed by atoms with van der Waals surface area (Å²) in [6.07, 6.45) is 3.42. The predicted molar refractivity (Wildman–Crippen MR) is 131 cm³/mol. The summed E-state index contributed by atoms with van der Waals surface area (Å²) in [6, 6.07) is 6.79. The van der Waals surface area contributed by atoms with Crippen LogP contribution in [0.1, 0.15) is 25.2 Å². The Balaban J connectivity index is 1.78. The molecule has 8 nitrogen and oxygen atoms in total. The van der Waals surface area contributed by atoms with Gasteiger partial charge in [-0.05, 0) is 36.8 Å². The van der Waals surface area contributed by atoms with Crippen LogP contribution in [-0.2, 0) is 0 Å². The highest BCUT2D eigenvalue weighted by Gasteiger charge is 2.24. The van der Waals surface area contributed by atoms with Gasteiger partial charge >= 0.3 is 0 Å². The van der Waals surface area contributed by atoms with Gasteiger partial charge < -0.3 is 10.3 Å². The van der Waals surface area contributed by atoms with Gasteiger partial charge in [0, 0.05) is 5.02 Å². The topological polar surface area (TPSA) is 101 Å². The highest BCUT2D eigenvalue weighted by molar-refractivity contribution is 6.36. The van der Waals surface area contributed by atoms with Crippen LogP contribution < -0.4 is 10.9 Å². The van der Waals surface area contributed by atoms with Gasteiger partial charge in [0.25, 0.3) is 5.56 Å². The van der Waals surface area contributed by atoms with Crippen LogP contribution in [0.15, 0.2) is 47.8 Å². The van der Waals surface area contributed by atoms with E-state index < -0.39 is 17.4 Å². The Morgan fingerprint density at radius 1 is 1.15 bits per heavy atom. The zero-order valence-electron chi connectivity index (χ0n) is 17.5. The van der Waals surface area contributed by atoms with E-state index in [9.17, 15) is 9.18 Å². The molecular formula is C22H15Cl3FN7O. The number of hydrogen-bond donors (Lipinski definition) is 2. The number of H-pyrrole nitrogens is 1. The highest BCUT2D eigenvalue weighted by Crippen LogP contribution is 2.31. The van der Waals surface area contributed by atoms with Crippen LogP contribution in [0.3, 0.4) is 0 Å². The zero-order valence-corrected chi connectivity index (χ0v) is 19.7. The number of fused-ring (bicyclic) bond motifs is 2. The molecule has 0 bridgehead atoms. The second kappa shape index (κ2) is 8.83. The lowest BCUT2D eigenvalue weighted by Crippen LogP contribution is -2.29. The zero-order chi connectivity index (χ0) is 24.0. The van der Waals surface area contributed by atoms with Gasteiger partial charge in [-0.15, -0.1) is 0 Å². The van der Waals surface area contributed by atoms with Crippen LogP contribution in [-0.4, -0.2) is 29.5 Å². The molecule has 0 aliphatic heterocycles. The molecule has 0 saturated heterocycles. The van der Waals surface area contributed by atoms with Crippen molar-refractivity contribution in [3.63, 3.8) is 0 Å². The van der Waals surface area contributed by atoms with E-state index in [0.717, 1.165) is 0 Å². The molecule has 172 valence electrons. The molecule has 3 heterocycles. The fourth-order valence-electron chi connectivity index (χ4n) is 3.74. The van der Waals surface area contributed by atoms with Crippen molar-refractivity contribution in [1.29, 1.82) is 0 Å². The van der Waals surface area contributed by atoms with E-state index in [0.29, 0.717) is 39.9 Å². The average molecular weight is 519 g/mol. The summed E-state index contributed by atoms with van der Waals surface area (Å²) in [5.74, 6) is 0.0641. The van der Waals surface area contributed by atoms with E-state index in [2.05, 4.69) is 25.3 Å². The lowest BCUT2D eigenvalue weighted by molar-refractivity contribution is 0.628. The van der Waals surface area contributed by atoms with E-state index in [4.69, 9.17) is 39.8 Å². The molecule has 5 aromatic rings. The maximum absolute atomic E-state index is 14.2. The van der Waals surface area contributed by atoms with Gasteiger partial charge in [-0.1, -0.05) is 41.7 Å². The number of hydrogen-bond acceptors (Lipinski definition) is 6. The normalized spacial score (nSPS) is 12.4. The molecule has 3 aromatic heterocycles. The van der Waals surface area contributed by atoms with Crippen molar-refractivity contribution in [2.45, 2.75) is 19.4 Å².